The first-order valence-electron chi connectivity index (χ1n) is 5.02. The fraction of sp³-hybridized carbons (Fsp3) is 0.308. The van der Waals surface area contributed by atoms with Crippen LogP contribution in [-0.2, 0) is 10.8 Å². The Labute approximate surface area is 99.1 Å². The molecular formula is C13H15NOS. The molecule has 0 aromatic heterocycles. The summed E-state index contributed by atoms with van der Waals surface area (Å²) < 4.78 is 11.5. The number of hydrogen-bond acceptors (Lipinski definition) is 2. The van der Waals surface area contributed by atoms with E-state index < -0.39 is 10.8 Å². The van der Waals surface area contributed by atoms with Crippen molar-refractivity contribution in [2.45, 2.75) is 25.5 Å². The monoisotopic (exact) mass is 233 g/mol. The summed E-state index contributed by atoms with van der Waals surface area (Å²) in [5, 5.41) is 10.4. The summed E-state index contributed by atoms with van der Waals surface area (Å²) >= 11 is 0. The third-order valence-corrected chi connectivity index (χ3v) is 3.59. The Kier molecular flexibility index (Phi) is 4.03. The van der Waals surface area contributed by atoms with Gasteiger partial charge >= 0.3 is 0 Å². The maximum Gasteiger partial charge on any atom is 0.0991 e. The average molecular weight is 233 g/mol. The van der Waals surface area contributed by atoms with E-state index in [4.69, 9.17) is 5.26 Å². The first-order chi connectivity index (χ1) is 7.43. The van der Waals surface area contributed by atoms with E-state index in [2.05, 4.69) is 6.07 Å². The molecule has 3 heteroatoms. The lowest BCUT2D eigenvalue weighted by molar-refractivity contribution is 0.656. The molecule has 0 fully saturated rings. The van der Waals surface area contributed by atoms with Crippen LogP contribution in [-0.4, -0.2) is 8.96 Å². The fourth-order valence-corrected chi connectivity index (χ4v) is 1.75. The van der Waals surface area contributed by atoms with Crippen LogP contribution in [0, 0.1) is 11.3 Å². The summed E-state index contributed by atoms with van der Waals surface area (Å²) in [5.74, 6) is 0. The molecule has 0 saturated heterocycles. The molecule has 1 aromatic rings. The SMILES string of the molecule is CC(C)(C)S(=O)/C=C/c1cccc(C#N)c1. The minimum atomic E-state index is -1.01. The largest absolute Gasteiger partial charge is 0.254 e. The Morgan fingerprint density at radius 2 is 2.06 bits per heavy atom. The molecule has 16 heavy (non-hydrogen) atoms. The lowest BCUT2D eigenvalue weighted by Gasteiger charge is -2.13. The summed E-state index contributed by atoms with van der Waals surface area (Å²) in [6.07, 6.45) is 1.79. The first kappa shape index (κ1) is 12.7. The number of rotatable bonds is 2. The quantitative estimate of drug-likeness (QED) is 0.787. The van der Waals surface area contributed by atoms with Crippen LogP contribution in [0.3, 0.4) is 0 Å². The van der Waals surface area contributed by atoms with E-state index in [1.54, 1.807) is 23.6 Å². The van der Waals surface area contributed by atoms with Crippen LogP contribution in [0.25, 0.3) is 6.08 Å². The molecule has 0 N–H and O–H groups in total. The van der Waals surface area contributed by atoms with Crippen molar-refractivity contribution in [1.29, 1.82) is 5.26 Å². The second-order valence-corrected chi connectivity index (χ2v) is 6.54. The van der Waals surface area contributed by atoms with Gasteiger partial charge in [0.1, 0.15) is 0 Å². The van der Waals surface area contributed by atoms with Crippen molar-refractivity contribution in [3.05, 3.63) is 40.8 Å². The molecule has 1 unspecified atom stereocenters. The highest BCUT2D eigenvalue weighted by atomic mass is 32.2. The van der Waals surface area contributed by atoms with Gasteiger partial charge < -0.3 is 0 Å². The van der Waals surface area contributed by atoms with E-state index in [0.717, 1.165) is 5.56 Å². The standard InChI is InChI=1S/C13H15NOS/c1-13(2,3)16(15)8-7-11-5-4-6-12(9-11)10-14/h4-9H,1-3H3/b8-7+. The van der Waals surface area contributed by atoms with Gasteiger partial charge in [0.25, 0.3) is 0 Å². The summed E-state index contributed by atoms with van der Waals surface area (Å²) in [7, 11) is -1.01. The van der Waals surface area contributed by atoms with E-state index in [9.17, 15) is 4.21 Å². The zero-order chi connectivity index (χ0) is 12.2. The number of benzene rings is 1. The van der Waals surface area contributed by atoms with Crippen LogP contribution < -0.4 is 0 Å². The molecule has 0 radical (unpaired) electrons. The Hall–Kier alpha value is -1.40. The van der Waals surface area contributed by atoms with E-state index in [0.29, 0.717) is 5.56 Å². The van der Waals surface area contributed by atoms with Crippen molar-refractivity contribution >= 4 is 16.9 Å². The average Bonchev–Trinajstić information content (AvgIpc) is 2.25. The van der Waals surface area contributed by atoms with Crippen LogP contribution in [0.5, 0.6) is 0 Å². The van der Waals surface area contributed by atoms with Crippen LogP contribution in [0.15, 0.2) is 29.7 Å². The van der Waals surface area contributed by atoms with E-state index in [-0.39, 0.29) is 4.75 Å². The second-order valence-electron chi connectivity index (χ2n) is 4.45. The van der Waals surface area contributed by atoms with Gasteiger partial charge in [0.2, 0.25) is 0 Å². The zero-order valence-corrected chi connectivity index (χ0v) is 10.5. The van der Waals surface area contributed by atoms with Crippen molar-refractivity contribution in [2.24, 2.45) is 0 Å². The lowest BCUT2D eigenvalue weighted by atomic mass is 10.1. The summed E-state index contributed by atoms with van der Waals surface area (Å²) in [5.41, 5.74) is 1.51. The molecule has 0 heterocycles. The highest BCUT2D eigenvalue weighted by Gasteiger charge is 2.16. The van der Waals surface area contributed by atoms with Gasteiger partial charge in [-0.2, -0.15) is 5.26 Å². The predicted octanol–water partition coefficient (Wildman–Crippen LogP) is 3.08. The summed E-state index contributed by atoms with van der Waals surface area (Å²) in [6, 6.07) is 9.30. The first-order valence-corrected chi connectivity index (χ1v) is 6.24. The second kappa shape index (κ2) is 5.09. The van der Waals surface area contributed by atoms with Crippen molar-refractivity contribution in [3.8, 4) is 6.07 Å². The molecule has 0 aliphatic heterocycles. The Bertz CT molecular complexity index is 464. The smallest absolute Gasteiger partial charge is 0.0991 e. The molecule has 1 atom stereocenters. The normalized spacial score (nSPS) is 13.6. The van der Waals surface area contributed by atoms with Gasteiger partial charge in [-0.15, -0.1) is 0 Å². The minimum Gasteiger partial charge on any atom is -0.254 e. The van der Waals surface area contributed by atoms with Gasteiger partial charge in [0, 0.05) is 10.2 Å². The third-order valence-electron chi connectivity index (χ3n) is 2.00. The lowest BCUT2D eigenvalue weighted by Crippen LogP contribution is -2.19. The van der Waals surface area contributed by atoms with Crippen LogP contribution in [0.4, 0.5) is 0 Å². The Balaban J connectivity index is 2.85. The van der Waals surface area contributed by atoms with Crippen LogP contribution >= 0.6 is 0 Å². The van der Waals surface area contributed by atoms with Crippen molar-refractivity contribution in [3.63, 3.8) is 0 Å². The van der Waals surface area contributed by atoms with Crippen molar-refractivity contribution < 1.29 is 4.21 Å². The predicted molar refractivity (Wildman–Crippen MR) is 68.1 cm³/mol. The van der Waals surface area contributed by atoms with Gasteiger partial charge in [0.15, 0.2) is 0 Å². The topological polar surface area (TPSA) is 40.9 Å². The van der Waals surface area contributed by atoms with E-state index in [1.807, 2.05) is 32.9 Å². The van der Waals surface area contributed by atoms with Gasteiger partial charge in [-0.05, 0) is 44.5 Å². The van der Waals surface area contributed by atoms with E-state index >= 15 is 0 Å². The molecule has 0 saturated carbocycles. The number of hydrogen-bond donors (Lipinski definition) is 0. The molecule has 0 amide bonds. The van der Waals surface area contributed by atoms with E-state index in [1.165, 1.54) is 0 Å². The molecule has 84 valence electrons. The molecule has 1 rings (SSSR count). The maximum atomic E-state index is 11.8. The minimum absolute atomic E-state index is 0.247. The van der Waals surface area contributed by atoms with Gasteiger partial charge in [-0.3, -0.25) is 4.21 Å². The summed E-state index contributed by atoms with van der Waals surface area (Å²) in [6.45, 7) is 5.79. The number of nitrogens with zero attached hydrogens (tertiary/aromatic N) is 1. The molecule has 1 aromatic carbocycles. The molecule has 0 aliphatic rings. The fourth-order valence-electron chi connectivity index (χ4n) is 1.06. The molecule has 0 bridgehead atoms. The molecule has 0 spiro atoms. The summed E-state index contributed by atoms with van der Waals surface area (Å²) in [4.78, 5) is 0. The van der Waals surface area contributed by atoms with Crippen LogP contribution in [0.1, 0.15) is 31.9 Å². The zero-order valence-electron chi connectivity index (χ0n) is 9.73. The van der Waals surface area contributed by atoms with Crippen LogP contribution in [0.2, 0.25) is 0 Å². The van der Waals surface area contributed by atoms with Gasteiger partial charge in [0.05, 0.1) is 22.4 Å². The Morgan fingerprint density at radius 3 is 2.62 bits per heavy atom. The van der Waals surface area contributed by atoms with Crippen molar-refractivity contribution in [1.82, 2.24) is 0 Å². The Morgan fingerprint density at radius 1 is 1.38 bits per heavy atom. The molecule has 0 aliphatic carbocycles. The maximum absolute atomic E-state index is 11.8. The molecule has 2 nitrogen and oxygen atoms in total. The highest BCUT2D eigenvalue weighted by molar-refractivity contribution is 7.89. The van der Waals surface area contributed by atoms with Gasteiger partial charge in [-0.1, -0.05) is 12.1 Å². The highest BCUT2D eigenvalue weighted by Crippen LogP contribution is 2.14. The molecular weight excluding hydrogens is 218 g/mol. The number of nitriles is 1. The van der Waals surface area contributed by atoms with Crippen molar-refractivity contribution in [2.75, 3.05) is 0 Å². The van der Waals surface area contributed by atoms with Gasteiger partial charge in [-0.25, -0.2) is 0 Å². The third kappa shape index (κ3) is 3.63.